The lowest BCUT2D eigenvalue weighted by Crippen LogP contribution is -2.56. The highest BCUT2D eigenvalue weighted by Gasteiger charge is 2.34. The van der Waals surface area contributed by atoms with E-state index in [4.69, 9.17) is 0 Å². The predicted molar refractivity (Wildman–Crippen MR) is 123 cm³/mol. The zero-order chi connectivity index (χ0) is 21.4. The number of carbonyl (C=O) groups excluding carboxylic acids is 2. The van der Waals surface area contributed by atoms with Gasteiger partial charge in [0.25, 0.3) is 5.91 Å². The molecule has 0 radical (unpaired) electrons. The van der Waals surface area contributed by atoms with Gasteiger partial charge in [-0.2, -0.15) is 0 Å². The molecule has 2 N–H and O–H groups in total. The molecule has 5 nitrogen and oxygen atoms in total. The summed E-state index contributed by atoms with van der Waals surface area (Å²) in [5, 5.41) is 8.01. The van der Waals surface area contributed by atoms with Gasteiger partial charge in [0.05, 0.1) is 4.88 Å². The third kappa shape index (κ3) is 5.92. The molecule has 1 saturated carbocycles. The minimum atomic E-state index is -0.605. The van der Waals surface area contributed by atoms with Gasteiger partial charge in [0.15, 0.2) is 0 Å². The second-order valence-corrected chi connectivity index (χ2v) is 9.39. The first-order valence-electron chi connectivity index (χ1n) is 10.8. The number of rotatable bonds is 8. The van der Waals surface area contributed by atoms with Crippen molar-refractivity contribution in [2.24, 2.45) is 0 Å². The van der Waals surface area contributed by atoms with E-state index in [1.807, 2.05) is 41.8 Å². The van der Waals surface area contributed by atoms with Crippen LogP contribution < -0.4 is 10.6 Å². The number of amides is 2. The molecule has 6 heteroatoms. The third-order valence-electron chi connectivity index (χ3n) is 6.22. The summed E-state index contributed by atoms with van der Waals surface area (Å²) in [5.74, 6) is -0.313. The monoisotopic (exact) mass is 427 g/mol. The molecular weight excluding hydrogens is 394 g/mol. The zero-order valence-corrected chi connectivity index (χ0v) is 18.8. The molecule has 30 heavy (non-hydrogen) atoms. The first kappa shape index (κ1) is 22.5. The van der Waals surface area contributed by atoms with Gasteiger partial charge < -0.3 is 15.5 Å². The van der Waals surface area contributed by atoms with Crippen LogP contribution in [0.5, 0.6) is 0 Å². The molecule has 1 aliphatic rings. The van der Waals surface area contributed by atoms with Crippen LogP contribution in [0.15, 0.2) is 47.8 Å². The molecule has 0 saturated heterocycles. The highest BCUT2D eigenvalue weighted by molar-refractivity contribution is 7.12. The Balaban J connectivity index is 1.71. The molecule has 1 heterocycles. The first-order valence-corrected chi connectivity index (χ1v) is 11.7. The van der Waals surface area contributed by atoms with Crippen LogP contribution >= 0.6 is 11.3 Å². The number of likely N-dealkylation sites (N-methyl/N-ethyl adjacent to an activating group) is 1. The Labute approximate surface area is 183 Å². The fourth-order valence-corrected chi connectivity index (χ4v) is 4.87. The summed E-state index contributed by atoms with van der Waals surface area (Å²) in [7, 11) is 4.22. The van der Waals surface area contributed by atoms with Crippen molar-refractivity contribution in [3.05, 3.63) is 58.3 Å². The number of nitrogens with one attached hydrogen (secondary N) is 2. The smallest absolute Gasteiger partial charge is 0.262 e. The van der Waals surface area contributed by atoms with Crippen molar-refractivity contribution in [1.29, 1.82) is 0 Å². The first-order chi connectivity index (χ1) is 14.5. The molecule has 0 bridgehead atoms. The maximum absolute atomic E-state index is 13.2. The average molecular weight is 428 g/mol. The SMILES string of the molecule is CN(C)C1(CNC(=O)C(Cc2ccccc2)NC(=O)c2cccs2)CCCCCC1. The highest BCUT2D eigenvalue weighted by Crippen LogP contribution is 2.30. The molecule has 1 aliphatic carbocycles. The number of thiophene rings is 1. The van der Waals surface area contributed by atoms with Crippen LogP contribution in [0.25, 0.3) is 0 Å². The fraction of sp³-hybridized carbons (Fsp3) is 0.500. The van der Waals surface area contributed by atoms with Crippen molar-refractivity contribution in [2.45, 2.75) is 56.5 Å². The predicted octanol–water partition coefficient (Wildman–Crippen LogP) is 3.86. The molecule has 2 amide bonds. The van der Waals surface area contributed by atoms with Crippen molar-refractivity contribution in [3.8, 4) is 0 Å². The van der Waals surface area contributed by atoms with Gasteiger partial charge in [-0.1, -0.05) is 62.1 Å². The van der Waals surface area contributed by atoms with E-state index in [2.05, 4.69) is 29.6 Å². The maximum Gasteiger partial charge on any atom is 0.262 e. The Morgan fingerprint density at radius 3 is 2.33 bits per heavy atom. The Morgan fingerprint density at radius 1 is 1.03 bits per heavy atom. The zero-order valence-electron chi connectivity index (χ0n) is 18.0. The maximum atomic E-state index is 13.2. The second-order valence-electron chi connectivity index (χ2n) is 8.44. The molecule has 1 aromatic carbocycles. The van der Waals surface area contributed by atoms with Crippen LogP contribution in [0, 0.1) is 0 Å². The minimum absolute atomic E-state index is 0.0127. The average Bonchev–Trinajstić information content (AvgIpc) is 3.18. The van der Waals surface area contributed by atoms with Gasteiger partial charge in [0.2, 0.25) is 5.91 Å². The summed E-state index contributed by atoms with van der Waals surface area (Å²) in [5.41, 5.74) is 1.02. The number of benzene rings is 1. The molecule has 2 aromatic rings. The van der Waals surface area contributed by atoms with Crippen LogP contribution in [-0.4, -0.2) is 48.9 Å². The fourth-order valence-electron chi connectivity index (χ4n) is 4.24. The van der Waals surface area contributed by atoms with Crippen LogP contribution in [0.3, 0.4) is 0 Å². The molecule has 162 valence electrons. The Hall–Kier alpha value is -2.18. The van der Waals surface area contributed by atoms with E-state index in [9.17, 15) is 9.59 Å². The summed E-state index contributed by atoms with van der Waals surface area (Å²) in [6, 6.07) is 12.9. The van der Waals surface area contributed by atoms with Crippen molar-refractivity contribution in [1.82, 2.24) is 15.5 Å². The summed E-state index contributed by atoms with van der Waals surface area (Å²) in [6.45, 7) is 0.610. The van der Waals surface area contributed by atoms with Gasteiger partial charge in [-0.3, -0.25) is 9.59 Å². The van der Waals surface area contributed by atoms with Gasteiger partial charge in [-0.25, -0.2) is 0 Å². The van der Waals surface area contributed by atoms with E-state index < -0.39 is 6.04 Å². The number of hydrogen-bond donors (Lipinski definition) is 2. The van der Waals surface area contributed by atoms with Crippen molar-refractivity contribution in [2.75, 3.05) is 20.6 Å². The quantitative estimate of drug-likeness (QED) is 0.629. The van der Waals surface area contributed by atoms with E-state index in [-0.39, 0.29) is 17.4 Å². The lowest BCUT2D eigenvalue weighted by Gasteiger charge is -2.40. The van der Waals surface area contributed by atoms with Crippen LogP contribution in [0.2, 0.25) is 0 Å². The van der Waals surface area contributed by atoms with E-state index >= 15 is 0 Å². The van der Waals surface area contributed by atoms with Gasteiger partial charge in [0, 0.05) is 18.5 Å². The Kier molecular flexibility index (Phi) is 8.05. The van der Waals surface area contributed by atoms with Crippen molar-refractivity contribution < 1.29 is 9.59 Å². The molecular formula is C24H33N3O2S. The summed E-state index contributed by atoms with van der Waals surface area (Å²) < 4.78 is 0. The van der Waals surface area contributed by atoms with Crippen LogP contribution in [0.1, 0.15) is 53.8 Å². The standard InChI is InChI=1S/C24H33N3O2S/c1-27(2)24(14-8-3-4-9-15-24)18-25-22(28)20(17-19-11-6-5-7-12-19)26-23(29)21-13-10-16-30-21/h5-7,10-13,16,20H,3-4,8-9,14-15,17-18H2,1-2H3,(H,25,28)(H,26,29). The number of carbonyl (C=O) groups is 2. The van der Waals surface area contributed by atoms with Crippen LogP contribution in [0.4, 0.5) is 0 Å². The van der Waals surface area contributed by atoms with Gasteiger partial charge in [0.1, 0.15) is 6.04 Å². The molecule has 1 aromatic heterocycles. The lowest BCUT2D eigenvalue weighted by molar-refractivity contribution is -0.123. The van der Waals surface area contributed by atoms with Crippen molar-refractivity contribution in [3.63, 3.8) is 0 Å². The van der Waals surface area contributed by atoms with Gasteiger partial charge >= 0.3 is 0 Å². The molecule has 1 atom stereocenters. The highest BCUT2D eigenvalue weighted by atomic mass is 32.1. The molecule has 0 aliphatic heterocycles. The second kappa shape index (κ2) is 10.7. The molecule has 1 fully saturated rings. The van der Waals surface area contributed by atoms with Crippen molar-refractivity contribution >= 4 is 23.2 Å². The summed E-state index contributed by atoms with van der Waals surface area (Å²) >= 11 is 1.38. The van der Waals surface area contributed by atoms with E-state index in [0.29, 0.717) is 17.8 Å². The third-order valence-corrected chi connectivity index (χ3v) is 7.09. The van der Waals surface area contributed by atoms with Gasteiger partial charge in [-0.05, 0) is 43.9 Å². The van der Waals surface area contributed by atoms with E-state index in [0.717, 1.165) is 18.4 Å². The Bertz CT molecular complexity index is 797. The summed E-state index contributed by atoms with van der Waals surface area (Å²) in [6.07, 6.45) is 7.55. The number of hydrogen-bond acceptors (Lipinski definition) is 4. The topological polar surface area (TPSA) is 61.4 Å². The number of nitrogens with zero attached hydrogens (tertiary/aromatic N) is 1. The summed E-state index contributed by atoms with van der Waals surface area (Å²) in [4.78, 5) is 28.7. The Morgan fingerprint density at radius 2 is 1.73 bits per heavy atom. The normalized spacial score (nSPS) is 17.2. The van der Waals surface area contributed by atoms with E-state index in [1.54, 1.807) is 6.07 Å². The van der Waals surface area contributed by atoms with E-state index in [1.165, 1.54) is 37.0 Å². The minimum Gasteiger partial charge on any atom is -0.352 e. The molecule has 0 spiro atoms. The lowest BCUT2D eigenvalue weighted by atomic mass is 9.88. The van der Waals surface area contributed by atoms with Crippen LogP contribution in [-0.2, 0) is 11.2 Å². The largest absolute Gasteiger partial charge is 0.352 e. The molecule has 1 unspecified atom stereocenters. The molecule has 3 rings (SSSR count). The van der Waals surface area contributed by atoms with Gasteiger partial charge in [-0.15, -0.1) is 11.3 Å².